The van der Waals surface area contributed by atoms with Gasteiger partial charge >= 0.3 is 0 Å². The SMILES string of the molecule is CN(CC(=O)Nc1nc(C23CC4CC(CC(C4)C2)C3)cs1)S(=O)(=O)c1ccc(C#N)cc1. The molecule has 0 aliphatic heterocycles. The first-order valence-corrected chi connectivity index (χ1v) is 13.3. The number of rotatable bonds is 6. The Labute approximate surface area is 192 Å². The molecule has 0 atom stereocenters. The van der Waals surface area contributed by atoms with Crippen LogP contribution in [0.1, 0.15) is 49.8 Å². The van der Waals surface area contributed by atoms with Crippen LogP contribution in [0.25, 0.3) is 0 Å². The summed E-state index contributed by atoms with van der Waals surface area (Å²) in [5, 5.41) is 14.3. The van der Waals surface area contributed by atoms with Gasteiger partial charge in [0.1, 0.15) is 0 Å². The molecule has 4 fully saturated rings. The predicted octanol–water partition coefficient (Wildman–Crippen LogP) is 3.74. The molecule has 4 saturated carbocycles. The number of thiazole rings is 1. The number of aromatic nitrogens is 1. The van der Waals surface area contributed by atoms with E-state index in [2.05, 4.69) is 10.7 Å². The molecule has 0 saturated heterocycles. The monoisotopic (exact) mass is 470 g/mol. The Morgan fingerprint density at radius 3 is 2.34 bits per heavy atom. The van der Waals surface area contributed by atoms with Gasteiger partial charge in [-0.25, -0.2) is 13.4 Å². The van der Waals surface area contributed by atoms with Crippen molar-refractivity contribution < 1.29 is 13.2 Å². The van der Waals surface area contributed by atoms with Gasteiger partial charge in [-0.3, -0.25) is 4.79 Å². The first-order chi connectivity index (χ1) is 15.3. The quantitative estimate of drug-likeness (QED) is 0.693. The fourth-order valence-corrected chi connectivity index (χ4v) is 8.30. The average Bonchev–Trinajstić information content (AvgIpc) is 3.22. The van der Waals surface area contributed by atoms with Gasteiger partial charge in [-0.05, 0) is 80.5 Å². The smallest absolute Gasteiger partial charge is 0.243 e. The second-order valence-electron chi connectivity index (χ2n) is 9.68. The Hall–Kier alpha value is -2.28. The number of sulfonamides is 1. The summed E-state index contributed by atoms with van der Waals surface area (Å²) < 4.78 is 26.5. The van der Waals surface area contributed by atoms with Gasteiger partial charge < -0.3 is 5.32 Å². The number of hydrogen-bond donors (Lipinski definition) is 1. The summed E-state index contributed by atoms with van der Waals surface area (Å²) in [6.45, 7) is -0.311. The molecule has 168 valence electrons. The molecule has 1 amide bonds. The molecule has 2 aromatic rings. The maximum absolute atomic E-state index is 12.7. The van der Waals surface area contributed by atoms with Crippen molar-refractivity contribution in [2.45, 2.75) is 48.8 Å². The summed E-state index contributed by atoms with van der Waals surface area (Å²) in [5.74, 6) is 2.04. The molecule has 0 spiro atoms. The van der Waals surface area contributed by atoms with Crippen LogP contribution in [0.5, 0.6) is 0 Å². The van der Waals surface area contributed by atoms with E-state index in [4.69, 9.17) is 10.2 Å². The van der Waals surface area contributed by atoms with E-state index >= 15 is 0 Å². The van der Waals surface area contributed by atoms with Crippen LogP contribution in [-0.4, -0.2) is 37.2 Å². The predicted molar refractivity (Wildman–Crippen MR) is 122 cm³/mol. The summed E-state index contributed by atoms with van der Waals surface area (Å²) in [5.41, 5.74) is 1.66. The van der Waals surface area contributed by atoms with Crippen LogP contribution in [0.3, 0.4) is 0 Å². The highest BCUT2D eigenvalue weighted by atomic mass is 32.2. The van der Waals surface area contributed by atoms with E-state index in [0.29, 0.717) is 10.7 Å². The molecule has 6 rings (SSSR count). The molecule has 0 radical (unpaired) electrons. The van der Waals surface area contributed by atoms with Crippen LogP contribution in [0, 0.1) is 29.1 Å². The lowest BCUT2D eigenvalue weighted by Crippen LogP contribution is -2.48. The van der Waals surface area contributed by atoms with Gasteiger partial charge in [0.25, 0.3) is 0 Å². The molecule has 9 heteroatoms. The summed E-state index contributed by atoms with van der Waals surface area (Å²) in [6, 6.07) is 7.60. The number of nitriles is 1. The maximum Gasteiger partial charge on any atom is 0.243 e. The Morgan fingerprint density at radius 2 is 1.78 bits per heavy atom. The zero-order valence-corrected chi connectivity index (χ0v) is 19.6. The van der Waals surface area contributed by atoms with E-state index in [0.717, 1.165) is 27.8 Å². The van der Waals surface area contributed by atoms with Crippen LogP contribution in [0.4, 0.5) is 5.13 Å². The van der Waals surface area contributed by atoms with E-state index in [-0.39, 0.29) is 16.9 Å². The van der Waals surface area contributed by atoms with Crippen molar-refractivity contribution in [3.05, 3.63) is 40.9 Å². The highest BCUT2D eigenvalue weighted by Crippen LogP contribution is 2.60. The summed E-state index contributed by atoms with van der Waals surface area (Å²) in [7, 11) is -2.46. The van der Waals surface area contributed by atoms with Gasteiger partial charge in [-0.1, -0.05) is 0 Å². The molecule has 4 aliphatic carbocycles. The van der Waals surface area contributed by atoms with Crippen molar-refractivity contribution in [1.82, 2.24) is 9.29 Å². The minimum absolute atomic E-state index is 0.0464. The third-order valence-corrected chi connectivity index (χ3v) is 9.97. The van der Waals surface area contributed by atoms with Crippen molar-refractivity contribution in [3.8, 4) is 6.07 Å². The number of benzene rings is 1. The molecule has 1 heterocycles. The topological polar surface area (TPSA) is 103 Å². The standard InChI is InChI=1S/C23H26N4O3S2/c1-27(32(29,30)19-4-2-15(12-24)3-5-19)13-21(28)26-22-25-20(14-31-22)23-9-16-6-17(10-23)8-18(7-16)11-23/h2-5,14,16-18H,6-11,13H2,1H3,(H,25,26,28). The number of hydrogen-bond acceptors (Lipinski definition) is 6. The van der Waals surface area contributed by atoms with Crippen LogP contribution in [0.15, 0.2) is 34.5 Å². The van der Waals surface area contributed by atoms with Crippen molar-refractivity contribution in [2.24, 2.45) is 17.8 Å². The Kier molecular flexibility index (Phi) is 5.35. The number of amides is 1. The molecule has 4 bridgehead atoms. The van der Waals surface area contributed by atoms with Crippen molar-refractivity contribution >= 4 is 32.4 Å². The van der Waals surface area contributed by atoms with E-state index in [9.17, 15) is 13.2 Å². The van der Waals surface area contributed by atoms with Gasteiger partial charge in [-0.2, -0.15) is 9.57 Å². The minimum Gasteiger partial charge on any atom is -0.301 e. The van der Waals surface area contributed by atoms with Crippen molar-refractivity contribution in [2.75, 3.05) is 18.9 Å². The maximum atomic E-state index is 12.7. The molecule has 4 aliphatic rings. The van der Waals surface area contributed by atoms with E-state index in [1.807, 2.05) is 6.07 Å². The van der Waals surface area contributed by atoms with Gasteiger partial charge in [0.15, 0.2) is 5.13 Å². The molecule has 1 N–H and O–H groups in total. The largest absolute Gasteiger partial charge is 0.301 e. The van der Waals surface area contributed by atoms with Gasteiger partial charge in [0.2, 0.25) is 15.9 Å². The molecule has 32 heavy (non-hydrogen) atoms. The van der Waals surface area contributed by atoms with Crippen molar-refractivity contribution in [1.29, 1.82) is 5.26 Å². The normalized spacial score (nSPS) is 28.6. The minimum atomic E-state index is -3.83. The van der Waals surface area contributed by atoms with E-state index in [1.54, 1.807) is 0 Å². The molecule has 1 aromatic heterocycles. The van der Waals surface area contributed by atoms with Crippen LogP contribution >= 0.6 is 11.3 Å². The zero-order chi connectivity index (χ0) is 22.5. The lowest BCUT2D eigenvalue weighted by molar-refractivity contribution is -0.116. The Morgan fingerprint density at radius 1 is 1.19 bits per heavy atom. The van der Waals surface area contributed by atoms with E-state index in [1.165, 1.54) is 81.2 Å². The lowest BCUT2D eigenvalue weighted by atomic mass is 9.49. The first-order valence-electron chi connectivity index (χ1n) is 11.0. The molecule has 1 aromatic carbocycles. The van der Waals surface area contributed by atoms with Crippen molar-refractivity contribution in [3.63, 3.8) is 0 Å². The van der Waals surface area contributed by atoms with Gasteiger partial charge in [-0.15, -0.1) is 11.3 Å². The zero-order valence-electron chi connectivity index (χ0n) is 18.0. The highest BCUT2D eigenvalue weighted by Gasteiger charge is 2.52. The summed E-state index contributed by atoms with van der Waals surface area (Å²) >= 11 is 1.42. The lowest BCUT2D eigenvalue weighted by Gasteiger charge is -2.56. The van der Waals surface area contributed by atoms with Gasteiger partial charge in [0.05, 0.1) is 28.8 Å². The van der Waals surface area contributed by atoms with Crippen LogP contribution in [0.2, 0.25) is 0 Å². The Bertz CT molecular complexity index is 1150. The fraction of sp³-hybridized carbons (Fsp3) is 0.522. The number of carbonyl (C=O) groups is 1. The number of nitrogens with one attached hydrogen (secondary N) is 1. The van der Waals surface area contributed by atoms with E-state index < -0.39 is 15.9 Å². The second kappa shape index (κ2) is 7.94. The number of anilines is 1. The molecular weight excluding hydrogens is 444 g/mol. The fourth-order valence-electron chi connectivity index (χ4n) is 6.33. The molecule has 0 unspecified atom stereocenters. The molecular formula is C23H26N4O3S2. The number of nitrogens with zero attached hydrogens (tertiary/aromatic N) is 3. The second-order valence-corrected chi connectivity index (χ2v) is 12.6. The number of likely N-dealkylation sites (N-methyl/N-ethyl adjacent to an activating group) is 1. The van der Waals surface area contributed by atoms with Crippen LogP contribution < -0.4 is 5.32 Å². The average molecular weight is 471 g/mol. The number of carbonyl (C=O) groups excluding carboxylic acids is 1. The van der Waals surface area contributed by atoms with Crippen LogP contribution in [-0.2, 0) is 20.2 Å². The van der Waals surface area contributed by atoms with Gasteiger partial charge in [0, 0.05) is 17.8 Å². The summed E-state index contributed by atoms with van der Waals surface area (Å²) in [6.07, 6.45) is 7.73. The third-order valence-electron chi connectivity index (χ3n) is 7.39. The first kappa shape index (κ1) is 21.6. The Balaban J connectivity index is 1.24. The highest BCUT2D eigenvalue weighted by molar-refractivity contribution is 7.89. The summed E-state index contributed by atoms with van der Waals surface area (Å²) in [4.78, 5) is 17.4. The third kappa shape index (κ3) is 3.85. The molecule has 7 nitrogen and oxygen atoms in total.